The van der Waals surface area contributed by atoms with E-state index >= 15 is 0 Å². The van der Waals surface area contributed by atoms with Crippen molar-refractivity contribution in [2.75, 3.05) is 14.2 Å². The van der Waals surface area contributed by atoms with Gasteiger partial charge in [-0.15, -0.1) is 0 Å². The van der Waals surface area contributed by atoms with E-state index in [1.165, 1.54) is 0 Å². The van der Waals surface area contributed by atoms with Crippen molar-refractivity contribution in [3.8, 4) is 11.5 Å². The van der Waals surface area contributed by atoms with Crippen LogP contribution in [0.5, 0.6) is 11.5 Å². The van der Waals surface area contributed by atoms with Gasteiger partial charge in [-0.1, -0.05) is 30.4 Å². The van der Waals surface area contributed by atoms with Gasteiger partial charge in [-0.05, 0) is 68.6 Å². The largest absolute Gasteiger partial charge is 0.497 e. The van der Waals surface area contributed by atoms with Crippen molar-refractivity contribution < 1.29 is 18.8 Å². The fraction of sp³-hybridized carbons (Fsp3) is 0.364. The van der Waals surface area contributed by atoms with Gasteiger partial charge in [0.1, 0.15) is 11.5 Å². The Balaban J connectivity index is 1.86. The lowest BCUT2D eigenvalue weighted by atomic mass is 9.78. The van der Waals surface area contributed by atoms with E-state index in [4.69, 9.17) is 18.8 Å². The van der Waals surface area contributed by atoms with Crippen LogP contribution in [-0.4, -0.2) is 32.5 Å². The number of ether oxygens (including phenoxy) is 2. The summed E-state index contributed by atoms with van der Waals surface area (Å²) in [7, 11) is 2.91. The third-order valence-electron chi connectivity index (χ3n) is 5.30. The maximum Gasteiger partial charge on any atom is 0.494 e. The highest BCUT2D eigenvalue weighted by molar-refractivity contribution is 6.62. The van der Waals surface area contributed by atoms with Crippen LogP contribution < -0.4 is 14.9 Å². The van der Waals surface area contributed by atoms with Crippen molar-refractivity contribution in [3.63, 3.8) is 0 Å². The summed E-state index contributed by atoms with van der Waals surface area (Å²) in [4.78, 5) is 0. The Morgan fingerprint density at radius 3 is 1.85 bits per heavy atom. The van der Waals surface area contributed by atoms with Gasteiger partial charge in [0, 0.05) is 0 Å². The van der Waals surface area contributed by atoms with Gasteiger partial charge in [-0.2, -0.15) is 0 Å². The highest BCUT2D eigenvalue weighted by Gasteiger charge is 2.51. The van der Waals surface area contributed by atoms with Crippen LogP contribution in [0.3, 0.4) is 0 Å². The molecule has 1 heterocycles. The normalized spacial score (nSPS) is 18.1. The Morgan fingerprint density at radius 1 is 0.741 bits per heavy atom. The summed E-state index contributed by atoms with van der Waals surface area (Å²) in [6.07, 6.45) is 4.11. The summed E-state index contributed by atoms with van der Waals surface area (Å²) in [6, 6.07) is 14.0. The number of methoxy groups -OCH3 is 2. The predicted molar refractivity (Wildman–Crippen MR) is 111 cm³/mol. The lowest BCUT2D eigenvalue weighted by Gasteiger charge is -2.32. The van der Waals surface area contributed by atoms with E-state index in [2.05, 4.69) is 45.9 Å². The van der Waals surface area contributed by atoms with Crippen molar-refractivity contribution in [1.29, 1.82) is 0 Å². The molecule has 0 amide bonds. The lowest BCUT2D eigenvalue weighted by molar-refractivity contribution is 0.00578. The molecule has 142 valence electrons. The molecule has 0 unspecified atom stereocenters. The van der Waals surface area contributed by atoms with Gasteiger partial charge in [0.15, 0.2) is 0 Å². The summed E-state index contributed by atoms with van der Waals surface area (Å²) in [6.45, 7) is 8.21. The van der Waals surface area contributed by atoms with E-state index in [0.717, 1.165) is 28.1 Å². The summed E-state index contributed by atoms with van der Waals surface area (Å²) in [5.74, 6) is 1.62. The molecule has 5 heteroatoms. The average molecular weight is 366 g/mol. The molecule has 1 aliphatic rings. The van der Waals surface area contributed by atoms with Crippen LogP contribution in [0.2, 0.25) is 0 Å². The van der Waals surface area contributed by atoms with E-state index in [1.807, 2.05) is 36.4 Å². The average Bonchev–Trinajstić information content (AvgIpc) is 2.87. The van der Waals surface area contributed by atoms with E-state index in [-0.39, 0.29) is 11.2 Å². The molecule has 1 saturated heterocycles. The molecule has 0 N–H and O–H groups in total. The molecular formula is C22H27BO4. The highest BCUT2D eigenvalue weighted by atomic mass is 16.7. The van der Waals surface area contributed by atoms with Crippen LogP contribution in [0.1, 0.15) is 38.8 Å². The Labute approximate surface area is 162 Å². The SMILES string of the molecule is COc1ccc(C=Cc2cc(OC)cc(B3OC(C)(C)C(C)(C)O3)c2)cc1. The van der Waals surface area contributed by atoms with Gasteiger partial charge >= 0.3 is 7.12 Å². The van der Waals surface area contributed by atoms with Crippen LogP contribution in [-0.2, 0) is 9.31 Å². The molecule has 2 aromatic carbocycles. The Morgan fingerprint density at radius 2 is 1.30 bits per heavy atom. The first kappa shape index (κ1) is 19.5. The molecular weight excluding hydrogens is 339 g/mol. The molecule has 4 nitrogen and oxygen atoms in total. The zero-order chi connectivity index (χ0) is 19.7. The van der Waals surface area contributed by atoms with Crippen LogP contribution in [0.25, 0.3) is 12.2 Å². The van der Waals surface area contributed by atoms with Crippen LogP contribution >= 0.6 is 0 Å². The van der Waals surface area contributed by atoms with Gasteiger partial charge in [0.05, 0.1) is 25.4 Å². The molecule has 0 spiro atoms. The van der Waals surface area contributed by atoms with Crippen LogP contribution in [0.4, 0.5) is 0 Å². The third-order valence-corrected chi connectivity index (χ3v) is 5.30. The zero-order valence-corrected chi connectivity index (χ0v) is 16.9. The second-order valence-corrected chi connectivity index (χ2v) is 7.73. The molecule has 3 rings (SSSR count). The number of benzene rings is 2. The minimum absolute atomic E-state index is 0.375. The fourth-order valence-electron chi connectivity index (χ4n) is 2.88. The fourth-order valence-corrected chi connectivity index (χ4v) is 2.88. The maximum atomic E-state index is 6.18. The van der Waals surface area contributed by atoms with Crippen molar-refractivity contribution >= 4 is 24.7 Å². The van der Waals surface area contributed by atoms with Crippen molar-refractivity contribution in [2.45, 2.75) is 38.9 Å². The quantitative estimate of drug-likeness (QED) is 0.588. The topological polar surface area (TPSA) is 36.9 Å². The van der Waals surface area contributed by atoms with Gasteiger partial charge in [0.2, 0.25) is 0 Å². The molecule has 0 aromatic heterocycles. The second-order valence-electron chi connectivity index (χ2n) is 7.73. The molecule has 0 radical (unpaired) electrons. The van der Waals surface area contributed by atoms with Crippen molar-refractivity contribution in [3.05, 3.63) is 53.6 Å². The first-order chi connectivity index (χ1) is 12.7. The number of hydrogen-bond acceptors (Lipinski definition) is 4. The third kappa shape index (κ3) is 4.20. The van der Waals surface area contributed by atoms with E-state index in [0.29, 0.717) is 0 Å². The number of hydrogen-bond donors (Lipinski definition) is 0. The Hall–Kier alpha value is -2.24. The lowest BCUT2D eigenvalue weighted by Crippen LogP contribution is -2.41. The van der Waals surface area contributed by atoms with Crippen molar-refractivity contribution in [2.24, 2.45) is 0 Å². The van der Waals surface area contributed by atoms with Gasteiger partial charge < -0.3 is 18.8 Å². The molecule has 0 bridgehead atoms. The first-order valence-electron chi connectivity index (χ1n) is 9.11. The Bertz CT molecular complexity index is 809. The molecule has 1 aliphatic heterocycles. The zero-order valence-electron chi connectivity index (χ0n) is 16.9. The van der Waals surface area contributed by atoms with Crippen molar-refractivity contribution in [1.82, 2.24) is 0 Å². The molecule has 1 fully saturated rings. The van der Waals surface area contributed by atoms with Gasteiger partial charge in [-0.25, -0.2) is 0 Å². The van der Waals surface area contributed by atoms with Gasteiger partial charge in [-0.3, -0.25) is 0 Å². The van der Waals surface area contributed by atoms with E-state index < -0.39 is 7.12 Å². The molecule has 0 saturated carbocycles. The summed E-state index contributed by atoms with van der Waals surface area (Å²) >= 11 is 0. The standard InChI is InChI=1S/C22H27BO4/c1-21(2)22(3,4)27-23(26-21)18-13-17(14-20(15-18)25-6)8-7-16-9-11-19(24-5)12-10-16/h7-15H,1-6H3. The second kappa shape index (κ2) is 7.41. The summed E-state index contributed by atoms with van der Waals surface area (Å²) < 4.78 is 23.0. The maximum absolute atomic E-state index is 6.18. The molecule has 2 aromatic rings. The highest BCUT2D eigenvalue weighted by Crippen LogP contribution is 2.36. The monoisotopic (exact) mass is 366 g/mol. The molecule has 0 aliphatic carbocycles. The predicted octanol–water partition coefficient (Wildman–Crippen LogP) is 4.17. The minimum Gasteiger partial charge on any atom is -0.497 e. The van der Waals surface area contributed by atoms with E-state index in [9.17, 15) is 0 Å². The van der Waals surface area contributed by atoms with E-state index in [1.54, 1.807) is 14.2 Å². The molecule has 0 atom stereocenters. The van der Waals surface area contributed by atoms with Gasteiger partial charge in [0.25, 0.3) is 0 Å². The first-order valence-corrected chi connectivity index (χ1v) is 9.11. The molecule has 27 heavy (non-hydrogen) atoms. The van der Waals surface area contributed by atoms with Crippen LogP contribution in [0.15, 0.2) is 42.5 Å². The summed E-state index contributed by atoms with van der Waals surface area (Å²) in [5, 5.41) is 0. The van der Waals surface area contributed by atoms with Crippen LogP contribution in [0, 0.1) is 0 Å². The summed E-state index contributed by atoms with van der Waals surface area (Å²) in [5.41, 5.74) is 2.31. The smallest absolute Gasteiger partial charge is 0.494 e. The minimum atomic E-state index is -0.418. The number of rotatable bonds is 5. The Kier molecular flexibility index (Phi) is 5.36.